The molecule has 4 fully saturated rings. The third kappa shape index (κ3) is 3.24. The number of hydrogen-bond acceptors (Lipinski definition) is 1. The van der Waals surface area contributed by atoms with Gasteiger partial charge in [-0.05, 0) is 93.4 Å². The van der Waals surface area contributed by atoms with E-state index >= 15 is 0 Å². The maximum absolute atomic E-state index is 5.84. The second kappa shape index (κ2) is 6.38. The molecule has 0 aliphatic heterocycles. The molecule has 4 rings (SSSR count). The molecule has 0 aromatic heterocycles. The van der Waals surface area contributed by atoms with Gasteiger partial charge in [0.2, 0.25) is 0 Å². The highest BCUT2D eigenvalue weighted by molar-refractivity contribution is 5.01. The second-order valence-electron chi connectivity index (χ2n) is 8.54. The van der Waals surface area contributed by atoms with Gasteiger partial charge in [0.25, 0.3) is 0 Å². The molecule has 116 valence electrons. The number of rotatable bonds is 8. The summed E-state index contributed by atoms with van der Waals surface area (Å²) < 4.78 is 0. The largest absolute Gasteiger partial charge is 0.330 e. The molecule has 0 heterocycles. The van der Waals surface area contributed by atoms with Gasteiger partial charge in [-0.3, -0.25) is 0 Å². The summed E-state index contributed by atoms with van der Waals surface area (Å²) in [6, 6.07) is 0. The molecule has 0 spiro atoms. The van der Waals surface area contributed by atoms with Gasteiger partial charge >= 0.3 is 0 Å². The maximum Gasteiger partial charge on any atom is -0.00746 e. The molecule has 4 saturated carbocycles. The molecule has 0 aromatic carbocycles. The zero-order chi connectivity index (χ0) is 14.0. The van der Waals surface area contributed by atoms with Crippen LogP contribution >= 0.6 is 0 Å². The Morgan fingerprint density at radius 1 is 0.950 bits per heavy atom. The monoisotopic (exact) mass is 277 g/mol. The van der Waals surface area contributed by atoms with Crippen molar-refractivity contribution in [1.29, 1.82) is 0 Å². The van der Waals surface area contributed by atoms with E-state index in [1.54, 1.807) is 38.5 Å². The van der Waals surface area contributed by atoms with E-state index in [1.807, 2.05) is 0 Å². The molecular formula is C19H35N. The van der Waals surface area contributed by atoms with Crippen LogP contribution in [0.25, 0.3) is 0 Å². The lowest BCUT2D eigenvalue weighted by atomic mass is 9.48. The average Bonchev–Trinajstić information content (AvgIpc) is 2.40. The van der Waals surface area contributed by atoms with Gasteiger partial charge in [0.15, 0.2) is 0 Å². The summed E-state index contributed by atoms with van der Waals surface area (Å²) in [4.78, 5) is 0. The predicted molar refractivity (Wildman–Crippen MR) is 86.5 cm³/mol. The Bertz CT molecular complexity index is 274. The van der Waals surface area contributed by atoms with Gasteiger partial charge in [0.05, 0.1) is 0 Å². The molecule has 1 unspecified atom stereocenters. The molecule has 2 N–H and O–H groups in total. The van der Waals surface area contributed by atoms with Gasteiger partial charge in [0.1, 0.15) is 0 Å². The highest BCUT2D eigenvalue weighted by atomic mass is 14.6. The van der Waals surface area contributed by atoms with E-state index in [-0.39, 0.29) is 0 Å². The van der Waals surface area contributed by atoms with Crippen LogP contribution in [-0.4, -0.2) is 6.54 Å². The van der Waals surface area contributed by atoms with Crippen LogP contribution in [0.3, 0.4) is 0 Å². The molecule has 0 saturated heterocycles. The fourth-order valence-corrected chi connectivity index (χ4v) is 6.27. The first-order valence-electron chi connectivity index (χ1n) is 9.43. The summed E-state index contributed by atoms with van der Waals surface area (Å²) >= 11 is 0. The fraction of sp³-hybridized carbons (Fsp3) is 1.00. The molecule has 0 radical (unpaired) electrons. The Labute approximate surface area is 126 Å². The van der Waals surface area contributed by atoms with Crippen molar-refractivity contribution in [2.24, 2.45) is 34.8 Å². The summed E-state index contributed by atoms with van der Waals surface area (Å²) in [6.45, 7) is 3.22. The van der Waals surface area contributed by atoms with Crippen molar-refractivity contribution < 1.29 is 0 Å². The van der Waals surface area contributed by atoms with Crippen LogP contribution < -0.4 is 5.73 Å². The Morgan fingerprint density at radius 2 is 1.55 bits per heavy atom. The van der Waals surface area contributed by atoms with Gasteiger partial charge in [-0.15, -0.1) is 0 Å². The summed E-state index contributed by atoms with van der Waals surface area (Å²) in [5.41, 5.74) is 6.62. The SMILES string of the molecule is CCCCC(CCN)CCC12CC3CC(CC(C3)C1)C2. The Hall–Kier alpha value is -0.0400. The van der Waals surface area contributed by atoms with Crippen molar-refractivity contribution in [3.05, 3.63) is 0 Å². The van der Waals surface area contributed by atoms with Crippen molar-refractivity contribution >= 4 is 0 Å². The summed E-state index contributed by atoms with van der Waals surface area (Å²) in [5.74, 6) is 4.27. The van der Waals surface area contributed by atoms with Crippen LogP contribution in [-0.2, 0) is 0 Å². The number of hydrogen-bond donors (Lipinski definition) is 1. The zero-order valence-corrected chi connectivity index (χ0v) is 13.6. The van der Waals surface area contributed by atoms with Crippen LogP contribution in [0.5, 0.6) is 0 Å². The van der Waals surface area contributed by atoms with Gasteiger partial charge < -0.3 is 5.73 Å². The fourth-order valence-electron chi connectivity index (χ4n) is 6.27. The minimum Gasteiger partial charge on any atom is -0.330 e. The van der Waals surface area contributed by atoms with Crippen LogP contribution in [0.2, 0.25) is 0 Å². The van der Waals surface area contributed by atoms with Crippen molar-refractivity contribution in [1.82, 2.24) is 0 Å². The second-order valence-corrected chi connectivity index (χ2v) is 8.54. The van der Waals surface area contributed by atoms with E-state index in [0.717, 1.165) is 35.6 Å². The molecule has 1 atom stereocenters. The van der Waals surface area contributed by atoms with E-state index in [4.69, 9.17) is 5.73 Å². The van der Waals surface area contributed by atoms with E-state index in [2.05, 4.69) is 6.92 Å². The summed E-state index contributed by atoms with van der Waals surface area (Å²) in [6.07, 6.45) is 18.0. The quantitative estimate of drug-likeness (QED) is 0.653. The van der Waals surface area contributed by atoms with Crippen molar-refractivity contribution in [3.8, 4) is 0 Å². The van der Waals surface area contributed by atoms with Crippen molar-refractivity contribution in [2.75, 3.05) is 6.54 Å². The Kier molecular flexibility index (Phi) is 4.75. The maximum atomic E-state index is 5.84. The van der Waals surface area contributed by atoms with E-state index < -0.39 is 0 Å². The highest BCUT2D eigenvalue weighted by Gasteiger charge is 2.50. The highest BCUT2D eigenvalue weighted by Crippen LogP contribution is 2.61. The normalized spacial score (nSPS) is 40.2. The zero-order valence-electron chi connectivity index (χ0n) is 13.6. The van der Waals surface area contributed by atoms with E-state index in [1.165, 1.54) is 38.5 Å². The standard InChI is InChI=1S/C19H35N/c1-2-3-4-15(6-8-20)5-7-19-12-16-9-17(13-19)11-18(10-16)14-19/h15-18H,2-14,20H2,1H3. The van der Waals surface area contributed by atoms with Gasteiger partial charge in [0, 0.05) is 0 Å². The molecule has 20 heavy (non-hydrogen) atoms. The van der Waals surface area contributed by atoms with Crippen LogP contribution in [0.15, 0.2) is 0 Å². The Morgan fingerprint density at radius 3 is 2.05 bits per heavy atom. The third-order valence-corrected chi connectivity index (χ3v) is 6.79. The smallest absolute Gasteiger partial charge is 0.00746 e. The van der Waals surface area contributed by atoms with Crippen molar-refractivity contribution in [2.45, 2.75) is 84.0 Å². The molecule has 1 nitrogen and oxygen atoms in total. The Balaban J connectivity index is 1.54. The molecule has 4 aliphatic carbocycles. The van der Waals surface area contributed by atoms with Crippen LogP contribution in [0.4, 0.5) is 0 Å². The predicted octanol–water partition coefficient (Wildman–Crippen LogP) is 5.14. The van der Waals surface area contributed by atoms with E-state index in [0.29, 0.717) is 0 Å². The van der Waals surface area contributed by atoms with Crippen molar-refractivity contribution in [3.63, 3.8) is 0 Å². The lowest BCUT2D eigenvalue weighted by molar-refractivity contribution is -0.0602. The minimum atomic E-state index is 0.786. The number of nitrogens with two attached hydrogens (primary N) is 1. The topological polar surface area (TPSA) is 26.0 Å². The summed E-state index contributed by atoms with van der Waals surface area (Å²) in [7, 11) is 0. The van der Waals surface area contributed by atoms with Crippen LogP contribution in [0, 0.1) is 29.1 Å². The lowest BCUT2D eigenvalue weighted by Crippen LogP contribution is -2.46. The van der Waals surface area contributed by atoms with E-state index in [9.17, 15) is 0 Å². The van der Waals surface area contributed by atoms with Gasteiger partial charge in [-0.2, -0.15) is 0 Å². The average molecular weight is 277 g/mol. The molecule has 1 heteroatoms. The first kappa shape index (κ1) is 14.9. The third-order valence-electron chi connectivity index (χ3n) is 6.79. The van der Waals surface area contributed by atoms with Gasteiger partial charge in [-0.1, -0.05) is 26.2 Å². The molecule has 4 aliphatic rings. The molecule has 0 amide bonds. The van der Waals surface area contributed by atoms with Crippen LogP contribution in [0.1, 0.15) is 84.0 Å². The molecule has 0 aromatic rings. The first-order chi connectivity index (χ1) is 9.73. The first-order valence-corrected chi connectivity index (χ1v) is 9.43. The number of unbranched alkanes of at least 4 members (excludes halogenated alkanes) is 1. The molecular weight excluding hydrogens is 242 g/mol. The minimum absolute atomic E-state index is 0.786. The molecule has 4 bridgehead atoms. The lowest BCUT2D eigenvalue weighted by Gasteiger charge is -2.57. The van der Waals surface area contributed by atoms with Gasteiger partial charge in [-0.25, -0.2) is 0 Å². The summed E-state index contributed by atoms with van der Waals surface area (Å²) in [5, 5.41) is 0.